The van der Waals surface area contributed by atoms with Crippen LogP contribution in [0, 0.1) is 11.8 Å². The maximum atomic E-state index is 13.1. The molecule has 1 heterocycles. The number of nitrogens with one attached hydrogen (secondary N) is 1. The van der Waals surface area contributed by atoms with Gasteiger partial charge < -0.3 is 20.1 Å². The van der Waals surface area contributed by atoms with Gasteiger partial charge in [0.15, 0.2) is 6.10 Å². The average Bonchev–Trinajstić information content (AvgIpc) is 3.38. The number of carboxylic acids is 1. The van der Waals surface area contributed by atoms with Gasteiger partial charge in [-0.2, -0.15) is 0 Å². The van der Waals surface area contributed by atoms with Gasteiger partial charge in [-0.25, -0.2) is 4.98 Å². The fourth-order valence-corrected chi connectivity index (χ4v) is 4.96. The highest BCUT2D eigenvalue weighted by Crippen LogP contribution is 2.28. The molecule has 9 nitrogen and oxygen atoms in total. The van der Waals surface area contributed by atoms with Gasteiger partial charge in [-0.15, -0.1) is 11.3 Å². The van der Waals surface area contributed by atoms with Crippen molar-refractivity contribution in [2.75, 3.05) is 7.05 Å². The number of aliphatic carboxylic acids is 1. The lowest BCUT2D eigenvalue weighted by Crippen LogP contribution is -2.39. The molecule has 2 amide bonds. The Hall–Kier alpha value is -3.27. The van der Waals surface area contributed by atoms with Crippen molar-refractivity contribution in [1.29, 1.82) is 0 Å². The third-order valence-corrected chi connectivity index (χ3v) is 7.82. The Morgan fingerprint density at radius 2 is 1.77 bits per heavy atom. The Labute approximate surface area is 235 Å². The van der Waals surface area contributed by atoms with Crippen molar-refractivity contribution in [3.63, 3.8) is 0 Å². The number of amides is 2. The molecule has 0 bridgehead atoms. The van der Waals surface area contributed by atoms with E-state index in [4.69, 9.17) is 4.74 Å². The summed E-state index contributed by atoms with van der Waals surface area (Å²) in [6.45, 7) is 8.90. The molecular weight excluding hydrogens is 518 g/mol. The molecule has 214 valence electrons. The molecule has 0 radical (unpaired) electrons. The highest BCUT2D eigenvalue weighted by Gasteiger charge is 2.28. The Bertz CT molecular complexity index is 1110. The third kappa shape index (κ3) is 10.4. The Balaban J connectivity index is 2.16. The minimum atomic E-state index is -0.927. The van der Waals surface area contributed by atoms with Gasteiger partial charge in [0, 0.05) is 44.3 Å². The molecule has 1 aromatic heterocycles. The zero-order valence-electron chi connectivity index (χ0n) is 23.7. The number of benzene rings is 1. The van der Waals surface area contributed by atoms with E-state index in [1.165, 1.54) is 18.3 Å². The van der Waals surface area contributed by atoms with Crippen molar-refractivity contribution < 1.29 is 29.0 Å². The van der Waals surface area contributed by atoms with Gasteiger partial charge in [0.2, 0.25) is 5.91 Å². The Morgan fingerprint density at radius 1 is 1.10 bits per heavy atom. The van der Waals surface area contributed by atoms with Gasteiger partial charge in [-0.05, 0) is 31.2 Å². The summed E-state index contributed by atoms with van der Waals surface area (Å²) in [5, 5.41) is 14.4. The number of thiazole rings is 1. The monoisotopic (exact) mass is 559 g/mol. The van der Waals surface area contributed by atoms with Gasteiger partial charge >= 0.3 is 11.9 Å². The van der Waals surface area contributed by atoms with Gasteiger partial charge in [-0.1, -0.05) is 57.5 Å². The molecule has 2 rings (SSSR count). The first-order chi connectivity index (χ1) is 18.4. The molecular formula is C29H41N3O6S. The number of hydrogen-bond donors (Lipinski definition) is 2. The van der Waals surface area contributed by atoms with E-state index in [-0.39, 0.29) is 30.0 Å². The quantitative estimate of drug-likeness (QED) is 0.298. The SMILES string of the molecule is CC[C@H](C)CC(=O)N(C)[C@H](C)C[C@@H](OC(C)=O)c1nc(C(=O)N[C@@H](Cc2ccccc2)C[C@H](C)C(=O)O)cs1. The molecule has 0 fully saturated rings. The van der Waals surface area contributed by atoms with Crippen LogP contribution in [0.3, 0.4) is 0 Å². The number of aromatic nitrogens is 1. The van der Waals surface area contributed by atoms with E-state index in [0.29, 0.717) is 24.3 Å². The van der Waals surface area contributed by atoms with Crippen LogP contribution in [0.25, 0.3) is 0 Å². The minimum Gasteiger partial charge on any atom is -0.481 e. The number of hydrogen-bond acceptors (Lipinski definition) is 7. The summed E-state index contributed by atoms with van der Waals surface area (Å²) in [4.78, 5) is 55.2. The largest absolute Gasteiger partial charge is 0.481 e. The van der Waals surface area contributed by atoms with E-state index in [0.717, 1.165) is 12.0 Å². The van der Waals surface area contributed by atoms with Crippen LogP contribution in [0.5, 0.6) is 0 Å². The average molecular weight is 560 g/mol. The van der Waals surface area contributed by atoms with Crippen molar-refractivity contribution in [3.05, 3.63) is 52.0 Å². The molecule has 5 atom stereocenters. The summed E-state index contributed by atoms with van der Waals surface area (Å²) >= 11 is 1.21. The van der Waals surface area contributed by atoms with Crippen molar-refractivity contribution >= 4 is 35.1 Å². The first kappa shape index (κ1) is 31.9. The van der Waals surface area contributed by atoms with E-state index >= 15 is 0 Å². The molecule has 0 aliphatic heterocycles. The topological polar surface area (TPSA) is 126 Å². The second-order valence-electron chi connectivity index (χ2n) is 10.3. The number of carbonyl (C=O) groups excluding carboxylic acids is 3. The van der Waals surface area contributed by atoms with Crippen LogP contribution in [0.4, 0.5) is 0 Å². The van der Waals surface area contributed by atoms with E-state index in [1.807, 2.05) is 51.1 Å². The second-order valence-corrected chi connectivity index (χ2v) is 11.2. The van der Waals surface area contributed by atoms with Crippen LogP contribution in [0.2, 0.25) is 0 Å². The predicted molar refractivity (Wildman–Crippen MR) is 150 cm³/mol. The van der Waals surface area contributed by atoms with Crippen LogP contribution in [-0.4, -0.2) is 57.9 Å². The van der Waals surface area contributed by atoms with Crippen LogP contribution >= 0.6 is 11.3 Å². The summed E-state index contributed by atoms with van der Waals surface area (Å²) in [5.41, 5.74) is 1.15. The zero-order valence-corrected chi connectivity index (χ0v) is 24.5. The van der Waals surface area contributed by atoms with Gasteiger partial charge in [0.25, 0.3) is 5.91 Å². The molecule has 39 heavy (non-hydrogen) atoms. The molecule has 0 aliphatic carbocycles. The number of ether oxygens (including phenoxy) is 1. The van der Waals surface area contributed by atoms with Crippen molar-refractivity contribution in [2.24, 2.45) is 11.8 Å². The normalized spacial score (nSPS) is 14.9. The fourth-order valence-electron chi connectivity index (χ4n) is 4.12. The molecule has 2 aromatic rings. The van der Waals surface area contributed by atoms with E-state index in [1.54, 1.807) is 24.3 Å². The number of esters is 1. The number of carbonyl (C=O) groups is 4. The predicted octanol–water partition coefficient (Wildman–Crippen LogP) is 4.87. The number of rotatable bonds is 15. The molecule has 0 aliphatic rings. The van der Waals surface area contributed by atoms with Crippen molar-refractivity contribution in [3.8, 4) is 0 Å². The smallest absolute Gasteiger partial charge is 0.306 e. The molecule has 0 unspecified atom stereocenters. The van der Waals surface area contributed by atoms with Crippen LogP contribution in [0.1, 0.15) is 87.5 Å². The lowest BCUT2D eigenvalue weighted by Gasteiger charge is -2.28. The maximum Gasteiger partial charge on any atom is 0.306 e. The molecule has 1 aromatic carbocycles. The lowest BCUT2D eigenvalue weighted by atomic mass is 9.96. The number of nitrogens with zero attached hydrogens (tertiary/aromatic N) is 2. The van der Waals surface area contributed by atoms with Crippen LogP contribution < -0.4 is 5.32 Å². The second kappa shape index (κ2) is 15.4. The summed E-state index contributed by atoms with van der Waals surface area (Å²) in [6, 6.07) is 8.92. The minimum absolute atomic E-state index is 0.0256. The zero-order chi connectivity index (χ0) is 29.1. The van der Waals surface area contributed by atoms with E-state index < -0.39 is 35.9 Å². The highest BCUT2D eigenvalue weighted by atomic mass is 32.1. The molecule has 2 N–H and O–H groups in total. The Morgan fingerprint density at radius 3 is 2.36 bits per heavy atom. The first-order valence-corrected chi connectivity index (χ1v) is 14.2. The standard InChI is InChI=1S/C29H41N3O6S/c1-7-18(2)13-26(34)32(6)20(4)15-25(38-21(5)33)28-31-24(17-39-28)27(35)30-23(14-19(3)29(36)37)16-22-11-9-8-10-12-22/h8-12,17-20,23,25H,7,13-16H2,1-6H3,(H,30,35)(H,36,37)/t18-,19-,20+,23+,25+/m0/s1. The third-order valence-electron chi connectivity index (χ3n) is 6.89. The van der Waals surface area contributed by atoms with Crippen molar-refractivity contribution in [1.82, 2.24) is 15.2 Å². The molecule has 10 heteroatoms. The molecule has 0 saturated carbocycles. The van der Waals surface area contributed by atoms with E-state index in [2.05, 4.69) is 10.3 Å². The summed E-state index contributed by atoms with van der Waals surface area (Å²) in [6.07, 6.45) is 1.72. The summed E-state index contributed by atoms with van der Waals surface area (Å²) < 4.78 is 5.55. The summed E-state index contributed by atoms with van der Waals surface area (Å²) in [5.74, 6) is -2.17. The van der Waals surface area contributed by atoms with Crippen LogP contribution in [0.15, 0.2) is 35.7 Å². The first-order valence-electron chi connectivity index (χ1n) is 13.4. The van der Waals surface area contributed by atoms with Gasteiger partial charge in [0.1, 0.15) is 10.7 Å². The van der Waals surface area contributed by atoms with Gasteiger partial charge in [-0.3, -0.25) is 19.2 Å². The molecule has 0 saturated heterocycles. The van der Waals surface area contributed by atoms with Gasteiger partial charge in [0.05, 0.1) is 5.92 Å². The fraction of sp³-hybridized carbons (Fsp3) is 0.552. The van der Waals surface area contributed by atoms with Crippen molar-refractivity contribution in [2.45, 2.75) is 84.9 Å². The summed E-state index contributed by atoms with van der Waals surface area (Å²) in [7, 11) is 1.74. The molecule has 0 spiro atoms. The highest BCUT2D eigenvalue weighted by molar-refractivity contribution is 7.09. The maximum absolute atomic E-state index is 13.1. The number of carboxylic acid groups (broad SMARTS) is 1. The van der Waals surface area contributed by atoms with E-state index in [9.17, 15) is 24.3 Å². The Kier molecular flexibility index (Phi) is 12.6. The van der Waals surface area contributed by atoms with Crippen LogP contribution in [-0.2, 0) is 25.5 Å². The lowest BCUT2D eigenvalue weighted by molar-refractivity contribution is -0.148.